The zero-order valence-corrected chi connectivity index (χ0v) is 13.7. The first-order valence-electron chi connectivity index (χ1n) is 6.59. The molecule has 0 aliphatic rings. The van der Waals surface area contributed by atoms with Gasteiger partial charge in [-0.3, -0.25) is 0 Å². The van der Waals surface area contributed by atoms with Crippen LogP contribution in [0.15, 0.2) is 35.8 Å². The van der Waals surface area contributed by atoms with Crippen molar-refractivity contribution in [3.05, 3.63) is 57.2 Å². The second kappa shape index (κ2) is 6.80. The van der Waals surface area contributed by atoms with Crippen LogP contribution in [0.5, 0.6) is 0 Å². The Hall–Kier alpha value is -2.38. The van der Waals surface area contributed by atoms with Crippen molar-refractivity contribution in [2.45, 2.75) is 0 Å². The zero-order chi connectivity index (χ0) is 16.2. The fourth-order valence-electron chi connectivity index (χ4n) is 1.80. The van der Waals surface area contributed by atoms with Gasteiger partial charge in [-0.1, -0.05) is 0 Å². The van der Waals surface area contributed by atoms with E-state index in [1.54, 1.807) is 18.2 Å². The van der Waals surface area contributed by atoms with Crippen molar-refractivity contribution < 1.29 is 13.9 Å². The van der Waals surface area contributed by atoms with Crippen LogP contribution in [-0.4, -0.2) is 23.0 Å². The molecule has 0 bridgehead atoms. The molecule has 0 N–H and O–H groups in total. The summed E-state index contributed by atoms with van der Waals surface area (Å²) in [6.45, 7) is 0. The number of aromatic nitrogens is 2. The number of rotatable bonds is 4. The number of esters is 1. The molecule has 23 heavy (non-hydrogen) atoms. The van der Waals surface area contributed by atoms with Gasteiger partial charge in [0, 0.05) is 10.9 Å². The molecule has 0 radical (unpaired) electrons. The molecule has 2 aromatic heterocycles. The molecule has 0 fully saturated rings. The lowest BCUT2D eigenvalue weighted by Gasteiger charge is -1.94. The van der Waals surface area contributed by atoms with Gasteiger partial charge in [-0.05, 0) is 36.4 Å². The topological polar surface area (TPSA) is 52.1 Å². The van der Waals surface area contributed by atoms with Gasteiger partial charge in [0.25, 0.3) is 0 Å². The minimum Gasteiger partial charge on any atom is -0.465 e. The van der Waals surface area contributed by atoms with Crippen LogP contribution in [0.3, 0.4) is 0 Å². The molecule has 0 atom stereocenters. The number of hydrogen-bond acceptors (Lipinski definition) is 6. The van der Waals surface area contributed by atoms with Gasteiger partial charge in [-0.25, -0.2) is 19.2 Å². The van der Waals surface area contributed by atoms with Crippen molar-refractivity contribution in [3.8, 4) is 10.6 Å². The molecule has 3 aromatic rings. The predicted octanol–water partition coefficient (Wildman–Crippen LogP) is 4.36. The number of thiazole rings is 2. The van der Waals surface area contributed by atoms with Crippen LogP contribution in [0.1, 0.15) is 20.4 Å². The first-order valence-corrected chi connectivity index (χ1v) is 8.29. The Morgan fingerprint density at radius 1 is 1.26 bits per heavy atom. The van der Waals surface area contributed by atoms with E-state index in [-0.39, 0.29) is 5.82 Å². The van der Waals surface area contributed by atoms with Crippen LogP contribution in [0.4, 0.5) is 4.39 Å². The third-order valence-electron chi connectivity index (χ3n) is 2.92. The van der Waals surface area contributed by atoms with Crippen LogP contribution in [0.2, 0.25) is 0 Å². The largest absolute Gasteiger partial charge is 0.465 e. The summed E-state index contributed by atoms with van der Waals surface area (Å²) in [6.07, 6.45) is 5.10. The van der Waals surface area contributed by atoms with Crippen LogP contribution >= 0.6 is 22.7 Å². The lowest BCUT2D eigenvalue weighted by atomic mass is 10.2. The molecule has 0 spiro atoms. The Balaban J connectivity index is 1.74. The van der Waals surface area contributed by atoms with E-state index in [9.17, 15) is 9.18 Å². The number of halogens is 1. The summed E-state index contributed by atoms with van der Waals surface area (Å²) < 4.78 is 17.6. The summed E-state index contributed by atoms with van der Waals surface area (Å²) in [4.78, 5) is 20.4. The van der Waals surface area contributed by atoms with Crippen molar-refractivity contribution in [1.29, 1.82) is 0 Å². The van der Waals surface area contributed by atoms with Crippen molar-refractivity contribution in [2.75, 3.05) is 7.11 Å². The minimum absolute atomic E-state index is 0.268. The van der Waals surface area contributed by atoms with E-state index in [0.29, 0.717) is 9.88 Å². The Bertz CT molecular complexity index is 853. The average Bonchev–Trinajstić information content (AvgIpc) is 3.22. The normalized spacial score (nSPS) is 11.0. The average molecular weight is 346 g/mol. The fourth-order valence-corrected chi connectivity index (χ4v) is 3.34. The molecule has 1 aromatic carbocycles. The maximum atomic E-state index is 12.9. The Kier molecular flexibility index (Phi) is 4.59. The number of carbonyl (C=O) groups excluding carboxylic acids is 1. The molecule has 116 valence electrons. The first-order chi connectivity index (χ1) is 11.2. The van der Waals surface area contributed by atoms with E-state index in [4.69, 9.17) is 0 Å². The number of ether oxygens (including phenoxy) is 1. The van der Waals surface area contributed by atoms with Crippen LogP contribution in [-0.2, 0) is 4.74 Å². The standard InChI is InChI=1S/C16H11FN2O2S2/c1-21-16(20)13-8-18-14(23-13)7-6-12-9-22-15(19-12)10-2-4-11(17)5-3-10/h2-9H,1H3/b7-6+. The zero-order valence-electron chi connectivity index (χ0n) is 12.0. The van der Waals surface area contributed by atoms with Gasteiger partial charge >= 0.3 is 5.97 Å². The number of methoxy groups -OCH3 is 1. The molecule has 0 aliphatic heterocycles. The van der Waals surface area contributed by atoms with E-state index in [1.807, 2.05) is 11.5 Å². The van der Waals surface area contributed by atoms with E-state index >= 15 is 0 Å². The van der Waals surface area contributed by atoms with Crippen molar-refractivity contribution in [2.24, 2.45) is 0 Å². The highest BCUT2D eigenvalue weighted by Crippen LogP contribution is 2.25. The highest BCUT2D eigenvalue weighted by atomic mass is 32.1. The lowest BCUT2D eigenvalue weighted by molar-refractivity contribution is 0.0606. The van der Waals surface area contributed by atoms with E-state index in [2.05, 4.69) is 14.7 Å². The predicted molar refractivity (Wildman–Crippen MR) is 89.9 cm³/mol. The van der Waals surface area contributed by atoms with Crippen LogP contribution in [0.25, 0.3) is 22.7 Å². The van der Waals surface area contributed by atoms with Gasteiger partial charge in [-0.15, -0.1) is 22.7 Å². The number of hydrogen-bond donors (Lipinski definition) is 0. The van der Waals surface area contributed by atoms with Crippen molar-refractivity contribution >= 4 is 40.8 Å². The van der Waals surface area contributed by atoms with E-state index in [1.165, 1.54) is 48.1 Å². The molecular formula is C16H11FN2O2S2. The van der Waals surface area contributed by atoms with Crippen LogP contribution in [0, 0.1) is 5.82 Å². The molecule has 0 unspecified atom stereocenters. The molecule has 0 saturated carbocycles. The van der Waals surface area contributed by atoms with E-state index in [0.717, 1.165) is 16.3 Å². The summed E-state index contributed by atoms with van der Waals surface area (Å²) in [7, 11) is 1.34. The first kappa shape index (κ1) is 15.5. The number of carbonyl (C=O) groups is 1. The second-order valence-corrected chi connectivity index (χ2v) is 6.39. The highest BCUT2D eigenvalue weighted by molar-refractivity contribution is 7.14. The third-order valence-corrected chi connectivity index (χ3v) is 4.77. The van der Waals surface area contributed by atoms with Crippen LogP contribution < -0.4 is 0 Å². The number of benzene rings is 1. The summed E-state index contributed by atoms with van der Waals surface area (Å²) >= 11 is 2.73. The Morgan fingerprint density at radius 3 is 2.78 bits per heavy atom. The Labute approximate surface area is 139 Å². The summed E-state index contributed by atoms with van der Waals surface area (Å²) in [5.74, 6) is -0.662. The molecule has 0 saturated heterocycles. The van der Waals surface area contributed by atoms with Crippen molar-refractivity contribution in [1.82, 2.24) is 9.97 Å². The quantitative estimate of drug-likeness (QED) is 0.659. The smallest absolute Gasteiger partial charge is 0.349 e. The fraction of sp³-hybridized carbons (Fsp3) is 0.0625. The van der Waals surface area contributed by atoms with Gasteiger partial charge in [0.2, 0.25) is 0 Å². The minimum atomic E-state index is -0.394. The second-order valence-electron chi connectivity index (χ2n) is 4.47. The molecule has 4 nitrogen and oxygen atoms in total. The SMILES string of the molecule is COC(=O)c1cnc(/C=C/c2csc(-c3ccc(F)cc3)n2)s1. The lowest BCUT2D eigenvalue weighted by Crippen LogP contribution is -1.96. The highest BCUT2D eigenvalue weighted by Gasteiger charge is 2.09. The Morgan fingerprint density at radius 2 is 2.04 bits per heavy atom. The maximum absolute atomic E-state index is 12.9. The van der Waals surface area contributed by atoms with E-state index < -0.39 is 5.97 Å². The molecule has 3 rings (SSSR count). The van der Waals surface area contributed by atoms with Gasteiger partial charge in [0.1, 0.15) is 20.7 Å². The van der Waals surface area contributed by atoms with Crippen molar-refractivity contribution in [3.63, 3.8) is 0 Å². The molecule has 0 amide bonds. The van der Waals surface area contributed by atoms with Gasteiger partial charge in [0.15, 0.2) is 0 Å². The van der Waals surface area contributed by atoms with Gasteiger partial charge < -0.3 is 4.74 Å². The molecular weight excluding hydrogens is 335 g/mol. The number of nitrogens with zero attached hydrogens (tertiary/aromatic N) is 2. The summed E-state index contributed by atoms with van der Waals surface area (Å²) in [5, 5.41) is 3.42. The summed E-state index contributed by atoms with van der Waals surface area (Å²) in [5.41, 5.74) is 1.66. The maximum Gasteiger partial charge on any atom is 0.349 e. The van der Waals surface area contributed by atoms with Gasteiger partial charge in [0.05, 0.1) is 19.0 Å². The molecule has 7 heteroatoms. The van der Waals surface area contributed by atoms with Gasteiger partial charge in [-0.2, -0.15) is 0 Å². The summed E-state index contributed by atoms with van der Waals surface area (Å²) in [6, 6.07) is 6.22. The molecule has 2 heterocycles. The monoisotopic (exact) mass is 346 g/mol. The molecule has 0 aliphatic carbocycles. The third kappa shape index (κ3) is 3.69.